The first-order valence-corrected chi connectivity index (χ1v) is 14.4. The highest BCUT2D eigenvalue weighted by Gasteiger charge is 2.16. The fraction of sp³-hybridized carbons (Fsp3) is 0.235. The fourth-order valence-corrected chi connectivity index (χ4v) is 5.49. The van der Waals surface area contributed by atoms with Crippen LogP contribution in [-0.4, -0.2) is 59.6 Å². The van der Waals surface area contributed by atoms with Crippen LogP contribution in [0.3, 0.4) is 0 Å². The Labute approximate surface area is 246 Å². The lowest BCUT2D eigenvalue weighted by Gasteiger charge is -2.34. The van der Waals surface area contributed by atoms with Gasteiger partial charge in [-0.15, -0.1) is 0 Å². The van der Waals surface area contributed by atoms with E-state index in [9.17, 15) is 4.79 Å². The minimum Gasteiger partial charge on any atom is -0.496 e. The molecule has 0 atom stereocenters. The minimum absolute atomic E-state index is 0.189. The van der Waals surface area contributed by atoms with Crippen LogP contribution in [0.2, 0.25) is 0 Å². The maximum absolute atomic E-state index is 12.9. The van der Waals surface area contributed by atoms with E-state index >= 15 is 0 Å². The largest absolute Gasteiger partial charge is 0.496 e. The molecule has 0 radical (unpaired) electrons. The van der Waals surface area contributed by atoms with Crippen LogP contribution in [0.15, 0.2) is 95.9 Å². The molecule has 214 valence electrons. The molecule has 0 saturated carbocycles. The summed E-state index contributed by atoms with van der Waals surface area (Å²) in [5, 5.41) is 8.10. The first-order valence-electron chi connectivity index (χ1n) is 14.4. The molecule has 0 bridgehead atoms. The van der Waals surface area contributed by atoms with Gasteiger partial charge in [0.05, 0.1) is 12.5 Å². The van der Waals surface area contributed by atoms with E-state index in [0.717, 1.165) is 72.9 Å². The average molecular weight is 561 g/mol. The van der Waals surface area contributed by atoms with Gasteiger partial charge in [0, 0.05) is 61.9 Å². The van der Waals surface area contributed by atoms with Gasteiger partial charge < -0.3 is 25.3 Å². The van der Waals surface area contributed by atoms with E-state index in [0.29, 0.717) is 17.0 Å². The van der Waals surface area contributed by atoms with Crippen LogP contribution in [0.5, 0.6) is 5.75 Å². The number of H-pyrrole nitrogens is 1. The van der Waals surface area contributed by atoms with E-state index in [4.69, 9.17) is 9.72 Å². The molecule has 1 saturated heterocycles. The zero-order chi connectivity index (χ0) is 28.9. The summed E-state index contributed by atoms with van der Waals surface area (Å²) in [6.07, 6.45) is 1.66. The molecular formula is C34H36N6O2. The highest BCUT2D eigenvalue weighted by atomic mass is 16.5. The van der Waals surface area contributed by atoms with Gasteiger partial charge in [-0.25, -0.2) is 4.98 Å². The lowest BCUT2D eigenvalue weighted by atomic mass is 10.0. The number of pyridine rings is 2. The monoisotopic (exact) mass is 560 g/mol. The van der Waals surface area contributed by atoms with Crippen molar-refractivity contribution in [3.63, 3.8) is 0 Å². The zero-order valence-corrected chi connectivity index (χ0v) is 24.1. The summed E-state index contributed by atoms with van der Waals surface area (Å²) in [4.78, 5) is 25.5. The van der Waals surface area contributed by atoms with Gasteiger partial charge in [-0.1, -0.05) is 49.4 Å². The maximum Gasteiger partial charge on any atom is 0.259 e. The molecule has 5 aromatic rings. The number of methoxy groups -OCH3 is 1. The zero-order valence-electron chi connectivity index (χ0n) is 24.1. The minimum atomic E-state index is -0.189. The van der Waals surface area contributed by atoms with E-state index in [-0.39, 0.29) is 5.56 Å². The molecule has 0 aliphatic carbocycles. The van der Waals surface area contributed by atoms with Gasteiger partial charge in [0.15, 0.2) is 0 Å². The Bertz CT molecular complexity index is 1710. The first kappa shape index (κ1) is 27.5. The number of aromatic amines is 1. The molecule has 0 amide bonds. The van der Waals surface area contributed by atoms with Crippen LogP contribution in [0.4, 0.5) is 23.0 Å². The Morgan fingerprint density at radius 1 is 0.857 bits per heavy atom. The Morgan fingerprint density at radius 2 is 1.60 bits per heavy atom. The molecule has 0 spiro atoms. The van der Waals surface area contributed by atoms with Crippen molar-refractivity contribution in [3.8, 4) is 16.9 Å². The van der Waals surface area contributed by atoms with Crippen molar-refractivity contribution in [2.45, 2.75) is 13.5 Å². The molecule has 1 fully saturated rings. The molecule has 3 N–H and O–H groups in total. The van der Waals surface area contributed by atoms with Gasteiger partial charge in [-0.2, -0.15) is 0 Å². The van der Waals surface area contributed by atoms with Crippen molar-refractivity contribution in [3.05, 3.63) is 107 Å². The van der Waals surface area contributed by atoms with Crippen molar-refractivity contribution in [1.82, 2.24) is 19.8 Å². The lowest BCUT2D eigenvalue weighted by Crippen LogP contribution is -2.45. The van der Waals surface area contributed by atoms with Crippen LogP contribution in [0.25, 0.3) is 21.9 Å². The van der Waals surface area contributed by atoms with Crippen LogP contribution < -0.4 is 20.9 Å². The van der Waals surface area contributed by atoms with Crippen LogP contribution in [0, 0.1) is 0 Å². The van der Waals surface area contributed by atoms with Crippen molar-refractivity contribution in [2.75, 3.05) is 50.5 Å². The predicted octanol–water partition coefficient (Wildman–Crippen LogP) is 6.22. The molecule has 2 aromatic heterocycles. The Balaban J connectivity index is 1.23. The van der Waals surface area contributed by atoms with E-state index in [1.165, 1.54) is 5.56 Å². The predicted molar refractivity (Wildman–Crippen MR) is 171 cm³/mol. The van der Waals surface area contributed by atoms with E-state index in [2.05, 4.69) is 68.7 Å². The van der Waals surface area contributed by atoms with E-state index in [1.54, 1.807) is 13.3 Å². The summed E-state index contributed by atoms with van der Waals surface area (Å²) in [6, 6.07) is 28.3. The van der Waals surface area contributed by atoms with Gasteiger partial charge in [0.25, 0.3) is 5.56 Å². The van der Waals surface area contributed by atoms with Crippen molar-refractivity contribution in [2.24, 2.45) is 0 Å². The van der Waals surface area contributed by atoms with Crippen molar-refractivity contribution >= 4 is 33.8 Å². The summed E-state index contributed by atoms with van der Waals surface area (Å²) >= 11 is 0. The van der Waals surface area contributed by atoms with Gasteiger partial charge in [0.1, 0.15) is 17.4 Å². The molecule has 1 aliphatic heterocycles. The molecule has 3 aromatic carbocycles. The summed E-state index contributed by atoms with van der Waals surface area (Å²) in [7, 11) is 1.67. The van der Waals surface area contributed by atoms with Gasteiger partial charge in [-0.05, 0) is 59.5 Å². The molecule has 8 nitrogen and oxygen atoms in total. The van der Waals surface area contributed by atoms with Gasteiger partial charge in [0.2, 0.25) is 0 Å². The van der Waals surface area contributed by atoms with Crippen LogP contribution >= 0.6 is 0 Å². The number of likely N-dealkylation sites (N-methyl/N-ethyl adjacent to an activating group) is 1. The van der Waals surface area contributed by atoms with Crippen LogP contribution in [0.1, 0.15) is 12.5 Å². The lowest BCUT2D eigenvalue weighted by molar-refractivity contribution is 0.132. The Kier molecular flexibility index (Phi) is 8.16. The Morgan fingerprint density at radius 3 is 2.33 bits per heavy atom. The number of rotatable bonds is 9. The summed E-state index contributed by atoms with van der Waals surface area (Å²) in [6.45, 7) is 8.70. The van der Waals surface area contributed by atoms with E-state index < -0.39 is 0 Å². The van der Waals surface area contributed by atoms with Gasteiger partial charge >= 0.3 is 0 Å². The van der Waals surface area contributed by atoms with Crippen molar-refractivity contribution in [1.29, 1.82) is 0 Å². The molecular weight excluding hydrogens is 524 g/mol. The summed E-state index contributed by atoms with van der Waals surface area (Å²) < 4.78 is 5.71. The second kappa shape index (κ2) is 12.5. The normalized spacial score (nSPS) is 14.1. The number of piperazine rings is 1. The molecule has 6 rings (SSSR count). The average Bonchev–Trinajstić information content (AvgIpc) is 3.02. The number of ether oxygens (including phenoxy) is 1. The third kappa shape index (κ3) is 6.15. The number of nitrogens with one attached hydrogen (secondary N) is 3. The highest BCUT2D eigenvalue weighted by Crippen LogP contribution is 2.34. The number of hydrogen-bond acceptors (Lipinski definition) is 7. The van der Waals surface area contributed by atoms with Gasteiger partial charge in [-0.3, -0.25) is 9.69 Å². The number of hydrogen-bond donors (Lipinski definition) is 3. The number of nitrogens with zero attached hydrogens (tertiary/aromatic N) is 3. The SMILES string of the molecule is CCN1CCN(Cc2ccc(Nc3nc(Nc4ccc(-c5ccccc5)c(OC)c4)cc4cc[nH]c(=O)c34)cc2)CC1. The third-order valence-electron chi connectivity index (χ3n) is 7.85. The molecule has 0 unspecified atom stereocenters. The highest BCUT2D eigenvalue weighted by molar-refractivity contribution is 5.94. The summed E-state index contributed by atoms with van der Waals surface area (Å²) in [5.74, 6) is 1.87. The second-order valence-electron chi connectivity index (χ2n) is 10.6. The fourth-order valence-electron chi connectivity index (χ4n) is 5.49. The van der Waals surface area contributed by atoms with Crippen molar-refractivity contribution < 1.29 is 4.74 Å². The molecule has 42 heavy (non-hydrogen) atoms. The number of anilines is 4. The molecule has 1 aliphatic rings. The number of aromatic nitrogens is 2. The third-order valence-corrected chi connectivity index (χ3v) is 7.85. The second-order valence-corrected chi connectivity index (χ2v) is 10.6. The maximum atomic E-state index is 12.9. The van der Waals surface area contributed by atoms with Crippen LogP contribution in [-0.2, 0) is 6.54 Å². The topological polar surface area (TPSA) is 85.5 Å². The van der Waals surface area contributed by atoms with E-state index in [1.807, 2.05) is 48.5 Å². The smallest absolute Gasteiger partial charge is 0.259 e. The number of fused-ring (bicyclic) bond motifs is 1. The molecule has 8 heteroatoms. The standard InChI is InChI=1S/C34H36N6O2/c1-3-39-17-19-40(20-18-39)23-24-9-11-27(12-10-24)37-33-32-26(15-16-35-34(32)41)21-31(38-33)36-28-13-14-29(30(22-28)42-2)25-7-5-4-6-8-25/h4-16,21-22H,3,17-20,23H2,1-2H3,(H,35,41)(H2,36,37,38). The quantitative estimate of drug-likeness (QED) is 0.197. The summed E-state index contributed by atoms with van der Waals surface area (Å²) in [5.41, 5.74) is 4.88. The number of benzene rings is 3. The molecule has 3 heterocycles. The first-order chi connectivity index (χ1) is 20.6. The Hall–Kier alpha value is -4.66.